The van der Waals surface area contributed by atoms with Gasteiger partial charge in [-0.25, -0.2) is 4.79 Å². The smallest absolute Gasteiger partial charge is 0.387 e. The summed E-state index contributed by atoms with van der Waals surface area (Å²) in [5.74, 6) is -0.279. The summed E-state index contributed by atoms with van der Waals surface area (Å²) in [6.07, 6.45) is 0. The molecular formula is C15H22F2N3O4+. The molecule has 134 valence electrons. The van der Waals surface area contributed by atoms with Crippen LogP contribution in [0.5, 0.6) is 11.5 Å². The molecule has 0 heterocycles. The van der Waals surface area contributed by atoms with Crippen LogP contribution in [-0.4, -0.2) is 45.8 Å². The minimum atomic E-state index is -2.93. The normalized spacial score (nSPS) is 11.8. The average Bonchev–Trinajstić information content (AvgIpc) is 2.48. The Morgan fingerprint density at radius 2 is 2.00 bits per heavy atom. The molecule has 7 nitrogen and oxygen atoms in total. The minimum absolute atomic E-state index is 0.0529. The van der Waals surface area contributed by atoms with Crippen LogP contribution in [0.25, 0.3) is 0 Å². The predicted molar refractivity (Wildman–Crippen MR) is 82.3 cm³/mol. The molecule has 1 rings (SSSR count). The Morgan fingerprint density at radius 1 is 1.29 bits per heavy atom. The van der Waals surface area contributed by atoms with Crippen LogP contribution < -0.4 is 25.0 Å². The average molecular weight is 346 g/mol. The van der Waals surface area contributed by atoms with Crippen LogP contribution in [0.1, 0.15) is 12.5 Å². The third-order valence-corrected chi connectivity index (χ3v) is 3.00. The lowest BCUT2D eigenvalue weighted by Crippen LogP contribution is -3.09. The summed E-state index contributed by atoms with van der Waals surface area (Å²) in [4.78, 5) is 23.8. The summed E-state index contributed by atoms with van der Waals surface area (Å²) in [7, 11) is 3.13. The third-order valence-electron chi connectivity index (χ3n) is 3.00. The van der Waals surface area contributed by atoms with Gasteiger partial charge in [-0.15, -0.1) is 0 Å². The van der Waals surface area contributed by atoms with Gasteiger partial charge in [0.2, 0.25) is 0 Å². The highest BCUT2D eigenvalue weighted by Gasteiger charge is 2.15. The van der Waals surface area contributed by atoms with Gasteiger partial charge in [-0.3, -0.25) is 10.1 Å². The monoisotopic (exact) mass is 346 g/mol. The zero-order valence-electron chi connectivity index (χ0n) is 13.8. The quantitative estimate of drug-likeness (QED) is 0.626. The van der Waals surface area contributed by atoms with Crippen molar-refractivity contribution in [2.75, 3.05) is 27.2 Å². The van der Waals surface area contributed by atoms with Crippen LogP contribution >= 0.6 is 0 Å². The number of carbonyl (C=O) groups excluding carboxylic acids is 2. The molecule has 24 heavy (non-hydrogen) atoms. The standard InChI is InChI=1S/C15H21F2N3O4/c1-4-18-15(22)19-13(21)9-20(2)8-10-5-6-11(24-14(16)17)12(7-10)23-3/h5-7,14H,4,8-9H2,1-3H3,(H2,18,19,21,22)/p+1. The molecule has 0 radical (unpaired) electrons. The molecule has 1 aromatic carbocycles. The van der Waals surface area contributed by atoms with Crippen LogP contribution in [0.15, 0.2) is 18.2 Å². The molecule has 0 fully saturated rings. The van der Waals surface area contributed by atoms with Gasteiger partial charge in [0.15, 0.2) is 18.0 Å². The molecular weight excluding hydrogens is 324 g/mol. The largest absolute Gasteiger partial charge is 0.493 e. The van der Waals surface area contributed by atoms with Crippen LogP contribution in [0.2, 0.25) is 0 Å². The van der Waals surface area contributed by atoms with Gasteiger partial charge in [-0.05, 0) is 25.1 Å². The summed E-state index contributed by atoms with van der Waals surface area (Å²) in [5.41, 5.74) is 0.775. The molecule has 1 aromatic rings. The number of alkyl halides is 2. The number of urea groups is 1. The third kappa shape index (κ3) is 6.78. The first-order valence-corrected chi connectivity index (χ1v) is 7.36. The van der Waals surface area contributed by atoms with Crippen molar-refractivity contribution in [3.8, 4) is 11.5 Å². The number of imide groups is 1. The van der Waals surface area contributed by atoms with Crippen LogP contribution in [0.3, 0.4) is 0 Å². The number of hydrogen-bond donors (Lipinski definition) is 3. The maximum atomic E-state index is 12.3. The summed E-state index contributed by atoms with van der Waals surface area (Å²) in [6, 6.07) is 4.04. The number of hydrogen-bond acceptors (Lipinski definition) is 4. The Kier molecular flexibility index (Phi) is 7.90. The Labute approximate surface area is 138 Å². The molecule has 0 saturated carbocycles. The number of likely N-dealkylation sites (N-methyl/N-ethyl adjacent to an activating group) is 1. The van der Waals surface area contributed by atoms with Gasteiger partial charge in [-0.2, -0.15) is 8.78 Å². The highest BCUT2D eigenvalue weighted by molar-refractivity contribution is 5.94. The predicted octanol–water partition coefficient (Wildman–Crippen LogP) is 0.157. The molecule has 9 heteroatoms. The number of amides is 3. The molecule has 3 N–H and O–H groups in total. The maximum Gasteiger partial charge on any atom is 0.387 e. The molecule has 0 aliphatic carbocycles. The zero-order valence-corrected chi connectivity index (χ0v) is 13.8. The van der Waals surface area contributed by atoms with Crippen molar-refractivity contribution in [3.05, 3.63) is 23.8 Å². The van der Waals surface area contributed by atoms with E-state index < -0.39 is 18.5 Å². The van der Waals surface area contributed by atoms with Gasteiger partial charge >= 0.3 is 12.6 Å². The Bertz CT molecular complexity index is 570. The Balaban J connectivity index is 2.61. The van der Waals surface area contributed by atoms with Crippen molar-refractivity contribution < 1.29 is 32.7 Å². The first-order chi connectivity index (χ1) is 11.3. The topological polar surface area (TPSA) is 81.1 Å². The number of methoxy groups -OCH3 is 1. The first-order valence-electron chi connectivity index (χ1n) is 7.36. The van der Waals surface area contributed by atoms with Crippen molar-refractivity contribution in [1.82, 2.24) is 10.6 Å². The van der Waals surface area contributed by atoms with E-state index in [0.717, 1.165) is 10.5 Å². The Hall–Kier alpha value is -2.42. The van der Waals surface area contributed by atoms with Crippen LogP contribution in [-0.2, 0) is 11.3 Å². The molecule has 1 unspecified atom stereocenters. The zero-order chi connectivity index (χ0) is 18.1. The van der Waals surface area contributed by atoms with Gasteiger partial charge in [0.25, 0.3) is 5.91 Å². The summed E-state index contributed by atoms with van der Waals surface area (Å²) >= 11 is 0. The van der Waals surface area contributed by atoms with E-state index in [4.69, 9.17) is 4.74 Å². The number of halogens is 2. The first kappa shape index (κ1) is 19.6. The molecule has 0 aliphatic heterocycles. The van der Waals surface area contributed by atoms with Crippen LogP contribution in [0.4, 0.5) is 13.6 Å². The van der Waals surface area contributed by atoms with Crippen molar-refractivity contribution >= 4 is 11.9 Å². The van der Waals surface area contributed by atoms with Gasteiger partial charge in [-0.1, -0.05) is 0 Å². The number of nitrogens with one attached hydrogen (secondary N) is 3. The molecule has 0 aliphatic rings. The van der Waals surface area contributed by atoms with E-state index in [1.54, 1.807) is 26.1 Å². The number of ether oxygens (including phenoxy) is 2. The summed E-state index contributed by atoms with van der Waals surface area (Å²) in [6.45, 7) is -0.246. The van der Waals surface area contributed by atoms with Gasteiger partial charge < -0.3 is 19.7 Å². The molecule has 3 amide bonds. The van der Waals surface area contributed by atoms with E-state index in [9.17, 15) is 18.4 Å². The second kappa shape index (κ2) is 9.66. The fraction of sp³-hybridized carbons (Fsp3) is 0.467. The van der Waals surface area contributed by atoms with Crippen molar-refractivity contribution in [2.45, 2.75) is 20.1 Å². The fourth-order valence-electron chi connectivity index (χ4n) is 2.08. The minimum Gasteiger partial charge on any atom is -0.493 e. The van der Waals surface area contributed by atoms with E-state index in [0.29, 0.717) is 13.1 Å². The highest BCUT2D eigenvalue weighted by Crippen LogP contribution is 2.29. The second-order valence-electron chi connectivity index (χ2n) is 5.08. The van der Waals surface area contributed by atoms with E-state index in [-0.39, 0.29) is 18.0 Å². The number of benzene rings is 1. The van der Waals surface area contributed by atoms with E-state index >= 15 is 0 Å². The highest BCUT2D eigenvalue weighted by atomic mass is 19.3. The maximum absolute atomic E-state index is 12.3. The number of quaternary nitrogens is 1. The lowest BCUT2D eigenvalue weighted by Gasteiger charge is -2.15. The SMILES string of the molecule is CCNC(=O)NC(=O)C[NH+](C)Cc1ccc(OC(F)F)c(OC)c1. The molecule has 0 spiro atoms. The lowest BCUT2D eigenvalue weighted by atomic mass is 10.2. The molecule has 1 atom stereocenters. The fourth-order valence-corrected chi connectivity index (χ4v) is 2.08. The van der Waals surface area contributed by atoms with E-state index in [1.807, 2.05) is 0 Å². The van der Waals surface area contributed by atoms with E-state index in [2.05, 4.69) is 15.4 Å². The van der Waals surface area contributed by atoms with E-state index in [1.165, 1.54) is 13.2 Å². The van der Waals surface area contributed by atoms with Gasteiger partial charge in [0.1, 0.15) is 6.54 Å². The van der Waals surface area contributed by atoms with Gasteiger partial charge in [0.05, 0.1) is 14.2 Å². The van der Waals surface area contributed by atoms with Crippen LogP contribution in [0, 0.1) is 0 Å². The molecule has 0 saturated heterocycles. The second-order valence-corrected chi connectivity index (χ2v) is 5.08. The summed E-state index contributed by atoms with van der Waals surface area (Å²) in [5, 5.41) is 4.68. The molecule has 0 aromatic heterocycles. The van der Waals surface area contributed by atoms with Crippen molar-refractivity contribution in [2.24, 2.45) is 0 Å². The van der Waals surface area contributed by atoms with Crippen molar-refractivity contribution in [3.63, 3.8) is 0 Å². The Morgan fingerprint density at radius 3 is 2.58 bits per heavy atom. The van der Waals surface area contributed by atoms with Crippen molar-refractivity contribution in [1.29, 1.82) is 0 Å². The lowest BCUT2D eigenvalue weighted by molar-refractivity contribution is -0.885. The number of carbonyl (C=O) groups is 2. The summed E-state index contributed by atoms with van der Waals surface area (Å²) < 4.78 is 34.0. The number of rotatable bonds is 8. The molecule has 0 bridgehead atoms. The van der Waals surface area contributed by atoms with Gasteiger partial charge in [0, 0.05) is 12.1 Å².